The molecule has 0 radical (unpaired) electrons. The van der Waals surface area contributed by atoms with Gasteiger partial charge in [0.2, 0.25) is 0 Å². The molecule has 1 aromatic heterocycles. The number of halogens is 1. The number of aromatic nitrogens is 2. The van der Waals surface area contributed by atoms with Gasteiger partial charge in [-0.05, 0) is 37.6 Å². The zero-order chi connectivity index (χ0) is 11.7. The maximum atomic E-state index is 5.93. The van der Waals surface area contributed by atoms with Gasteiger partial charge >= 0.3 is 0 Å². The fourth-order valence-electron chi connectivity index (χ4n) is 1.73. The van der Waals surface area contributed by atoms with Gasteiger partial charge in [0, 0.05) is 16.8 Å². The Morgan fingerprint density at radius 2 is 2.19 bits per heavy atom. The van der Waals surface area contributed by atoms with Crippen molar-refractivity contribution < 1.29 is 0 Å². The summed E-state index contributed by atoms with van der Waals surface area (Å²) in [6.45, 7) is 3.96. The fourth-order valence-corrected chi connectivity index (χ4v) is 1.96. The van der Waals surface area contributed by atoms with Gasteiger partial charge in [-0.1, -0.05) is 11.6 Å². The van der Waals surface area contributed by atoms with Crippen molar-refractivity contribution in [2.24, 2.45) is 5.73 Å². The quantitative estimate of drug-likeness (QED) is 0.870. The van der Waals surface area contributed by atoms with Crippen LogP contribution in [-0.2, 0) is 0 Å². The predicted octanol–water partition coefficient (Wildman–Crippen LogP) is 2.85. The summed E-state index contributed by atoms with van der Waals surface area (Å²) in [7, 11) is 0. The number of benzene rings is 1. The van der Waals surface area contributed by atoms with Gasteiger partial charge in [0.1, 0.15) is 0 Å². The van der Waals surface area contributed by atoms with Gasteiger partial charge in [-0.3, -0.25) is 0 Å². The maximum Gasteiger partial charge on any atom is 0.0994 e. The van der Waals surface area contributed by atoms with E-state index in [2.05, 4.69) is 4.98 Å². The van der Waals surface area contributed by atoms with Crippen LogP contribution in [0.2, 0.25) is 5.02 Å². The third-order valence-corrected chi connectivity index (χ3v) is 2.79. The van der Waals surface area contributed by atoms with Crippen molar-refractivity contribution in [3.63, 3.8) is 0 Å². The third-order valence-electron chi connectivity index (χ3n) is 2.55. The van der Waals surface area contributed by atoms with Crippen LogP contribution >= 0.6 is 11.6 Å². The lowest BCUT2D eigenvalue weighted by Crippen LogP contribution is -2.11. The van der Waals surface area contributed by atoms with E-state index in [1.807, 2.05) is 36.6 Å². The molecular formula is C12H14ClN3. The van der Waals surface area contributed by atoms with E-state index in [0.29, 0.717) is 0 Å². The van der Waals surface area contributed by atoms with E-state index in [9.17, 15) is 0 Å². The molecule has 0 unspecified atom stereocenters. The van der Waals surface area contributed by atoms with Crippen molar-refractivity contribution in [2.45, 2.75) is 19.9 Å². The minimum Gasteiger partial charge on any atom is -0.323 e. The Kier molecular flexibility index (Phi) is 2.99. The topological polar surface area (TPSA) is 43.8 Å². The Labute approximate surface area is 99.9 Å². The first-order valence-electron chi connectivity index (χ1n) is 5.14. The first kappa shape index (κ1) is 11.2. The second-order valence-corrected chi connectivity index (χ2v) is 4.34. The predicted molar refractivity (Wildman–Crippen MR) is 65.9 cm³/mol. The van der Waals surface area contributed by atoms with Gasteiger partial charge < -0.3 is 10.3 Å². The third kappa shape index (κ3) is 1.96. The van der Waals surface area contributed by atoms with Gasteiger partial charge in [0.15, 0.2) is 0 Å². The maximum absolute atomic E-state index is 5.93. The van der Waals surface area contributed by atoms with Crippen LogP contribution in [0.1, 0.15) is 24.2 Å². The summed E-state index contributed by atoms with van der Waals surface area (Å²) in [4.78, 5) is 4.13. The molecule has 2 N–H and O–H groups in total. The Morgan fingerprint density at radius 1 is 1.44 bits per heavy atom. The SMILES string of the molecule is Cc1cc(Cl)ccc1-n1cncc1[C@H](C)N. The summed E-state index contributed by atoms with van der Waals surface area (Å²) in [5, 5.41) is 0.740. The molecule has 0 aliphatic rings. The molecule has 2 rings (SSSR count). The van der Waals surface area contributed by atoms with Crippen LogP contribution in [-0.4, -0.2) is 9.55 Å². The van der Waals surface area contributed by atoms with E-state index >= 15 is 0 Å². The molecule has 0 spiro atoms. The molecule has 0 aliphatic carbocycles. The molecule has 84 valence electrons. The molecule has 1 atom stereocenters. The number of hydrogen-bond donors (Lipinski definition) is 1. The molecule has 0 fully saturated rings. The number of imidazole rings is 1. The van der Waals surface area contributed by atoms with E-state index in [-0.39, 0.29) is 6.04 Å². The molecule has 0 saturated heterocycles. The number of hydrogen-bond acceptors (Lipinski definition) is 2. The van der Waals surface area contributed by atoms with Gasteiger partial charge in [0.25, 0.3) is 0 Å². The number of nitrogens with two attached hydrogens (primary N) is 1. The van der Waals surface area contributed by atoms with Crippen LogP contribution < -0.4 is 5.73 Å². The first-order valence-corrected chi connectivity index (χ1v) is 5.51. The minimum atomic E-state index is -0.0439. The summed E-state index contributed by atoms with van der Waals surface area (Å²) in [6.07, 6.45) is 3.56. The average molecular weight is 236 g/mol. The van der Waals surface area contributed by atoms with Gasteiger partial charge in [0.05, 0.1) is 18.2 Å². The van der Waals surface area contributed by atoms with E-state index in [1.165, 1.54) is 0 Å². The average Bonchev–Trinajstić information content (AvgIpc) is 2.66. The van der Waals surface area contributed by atoms with Crippen molar-refractivity contribution in [3.05, 3.63) is 47.0 Å². The highest BCUT2D eigenvalue weighted by atomic mass is 35.5. The van der Waals surface area contributed by atoms with Crippen molar-refractivity contribution in [3.8, 4) is 5.69 Å². The molecule has 0 amide bonds. The van der Waals surface area contributed by atoms with Crippen LogP contribution in [0, 0.1) is 6.92 Å². The van der Waals surface area contributed by atoms with E-state index in [0.717, 1.165) is 22.0 Å². The zero-order valence-electron chi connectivity index (χ0n) is 9.31. The van der Waals surface area contributed by atoms with Gasteiger partial charge in [-0.2, -0.15) is 0 Å². The van der Waals surface area contributed by atoms with Crippen LogP contribution in [0.5, 0.6) is 0 Å². The summed E-state index contributed by atoms with van der Waals surface area (Å²) in [5.74, 6) is 0. The van der Waals surface area contributed by atoms with Gasteiger partial charge in [-0.25, -0.2) is 4.98 Å². The summed E-state index contributed by atoms with van der Waals surface area (Å²) < 4.78 is 2.00. The number of aryl methyl sites for hydroxylation is 1. The lowest BCUT2D eigenvalue weighted by molar-refractivity contribution is 0.751. The molecule has 16 heavy (non-hydrogen) atoms. The lowest BCUT2D eigenvalue weighted by Gasteiger charge is -2.13. The van der Waals surface area contributed by atoms with Crippen molar-refractivity contribution in [1.29, 1.82) is 0 Å². The van der Waals surface area contributed by atoms with Crippen LogP contribution in [0.15, 0.2) is 30.7 Å². The van der Waals surface area contributed by atoms with E-state index in [1.54, 1.807) is 12.5 Å². The number of rotatable bonds is 2. The van der Waals surface area contributed by atoms with Crippen LogP contribution in [0.3, 0.4) is 0 Å². The molecule has 1 aromatic carbocycles. The molecule has 0 aliphatic heterocycles. The monoisotopic (exact) mass is 235 g/mol. The van der Waals surface area contributed by atoms with Crippen LogP contribution in [0.4, 0.5) is 0 Å². The highest BCUT2D eigenvalue weighted by molar-refractivity contribution is 6.30. The molecular weight excluding hydrogens is 222 g/mol. The Morgan fingerprint density at radius 3 is 2.81 bits per heavy atom. The standard InChI is InChI=1S/C12H14ClN3/c1-8-5-10(13)3-4-11(8)16-7-15-6-12(16)9(2)14/h3-7,9H,14H2,1-2H3/t9-/m0/s1. The highest BCUT2D eigenvalue weighted by Crippen LogP contribution is 2.22. The summed E-state index contributed by atoms with van der Waals surface area (Å²) in [5.41, 5.74) is 9.05. The lowest BCUT2D eigenvalue weighted by atomic mass is 10.2. The molecule has 0 bridgehead atoms. The molecule has 2 aromatic rings. The number of nitrogens with zero attached hydrogens (tertiary/aromatic N) is 2. The second kappa shape index (κ2) is 4.28. The Bertz CT molecular complexity index is 503. The first-order chi connectivity index (χ1) is 7.59. The molecule has 0 saturated carbocycles. The van der Waals surface area contributed by atoms with Crippen LogP contribution in [0.25, 0.3) is 5.69 Å². The zero-order valence-corrected chi connectivity index (χ0v) is 10.1. The Balaban J connectivity index is 2.54. The van der Waals surface area contributed by atoms with Crippen molar-refractivity contribution in [1.82, 2.24) is 9.55 Å². The van der Waals surface area contributed by atoms with Crippen molar-refractivity contribution >= 4 is 11.6 Å². The van der Waals surface area contributed by atoms with Gasteiger partial charge in [-0.15, -0.1) is 0 Å². The largest absolute Gasteiger partial charge is 0.323 e. The fraction of sp³-hybridized carbons (Fsp3) is 0.250. The molecule has 1 heterocycles. The Hall–Kier alpha value is -1.32. The molecule has 4 heteroatoms. The normalized spacial score (nSPS) is 12.8. The van der Waals surface area contributed by atoms with Crippen molar-refractivity contribution in [2.75, 3.05) is 0 Å². The molecule has 3 nitrogen and oxygen atoms in total. The highest BCUT2D eigenvalue weighted by Gasteiger charge is 2.10. The van der Waals surface area contributed by atoms with E-state index in [4.69, 9.17) is 17.3 Å². The summed E-state index contributed by atoms with van der Waals surface area (Å²) in [6, 6.07) is 5.74. The smallest absolute Gasteiger partial charge is 0.0994 e. The van der Waals surface area contributed by atoms with E-state index < -0.39 is 0 Å². The second-order valence-electron chi connectivity index (χ2n) is 3.91. The summed E-state index contributed by atoms with van der Waals surface area (Å²) >= 11 is 5.93. The minimum absolute atomic E-state index is 0.0439.